The number of nitrogens with zero attached hydrogens (tertiary/aromatic N) is 2. The molecule has 0 bridgehead atoms. The van der Waals surface area contributed by atoms with Crippen LogP contribution in [0.4, 0.5) is 5.69 Å². The number of rotatable bonds is 5. The van der Waals surface area contributed by atoms with E-state index in [0.29, 0.717) is 24.2 Å². The van der Waals surface area contributed by atoms with Crippen molar-refractivity contribution in [3.8, 4) is 0 Å². The van der Waals surface area contributed by atoms with Crippen LogP contribution in [0.15, 0.2) is 60.9 Å². The van der Waals surface area contributed by atoms with Gasteiger partial charge in [-0.25, -0.2) is 0 Å². The van der Waals surface area contributed by atoms with Gasteiger partial charge in [-0.1, -0.05) is 24.3 Å². The van der Waals surface area contributed by atoms with Gasteiger partial charge >= 0.3 is 0 Å². The van der Waals surface area contributed by atoms with Gasteiger partial charge in [0.05, 0.1) is 6.04 Å². The second-order valence-electron chi connectivity index (χ2n) is 6.38. The Morgan fingerprint density at radius 2 is 2.07 bits per heavy atom. The van der Waals surface area contributed by atoms with Gasteiger partial charge in [0.2, 0.25) is 5.91 Å². The molecule has 3 rings (SSSR count). The van der Waals surface area contributed by atoms with Gasteiger partial charge in [0.1, 0.15) is 6.04 Å². The Kier molecular flexibility index (Phi) is 7.11. The summed E-state index contributed by atoms with van der Waals surface area (Å²) >= 11 is 0. The zero-order valence-electron chi connectivity index (χ0n) is 15.4. The van der Waals surface area contributed by atoms with Crippen molar-refractivity contribution in [1.82, 2.24) is 15.2 Å². The molecule has 2 heterocycles. The number of pyridine rings is 1. The Balaban J connectivity index is 0.00000280. The summed E-state index contributed by atoms with van der Waals surface area (Å²) in [7, 11) is 0. The van der Waals surface area contributed by atoms with Gasteiger partial charge in [-0.2, -0.15) is 0 Å². The molecule has 0 saturated carbocycles. The van der Waals surface area contributed by atoms with E-state index in [4.69, 9.17) is 0 Å². The predicted octanol–water partition coefficient (Wildman–Crippen LogP) is 1.03. The van der Waals surface area contributed by atoms with Crippen molar-refractivity contribution < 1.29 is 20.2 Å². The fourth-order valence-corrected chi connectivity index (χ4v) is 3.11. The quantitative estimate of drug-likeness (QED) is 0.748. The first-order chi connectivity index (χ1) is 13.1. The van der Waals surface area contributed by atoms with E-state index in [0.717, 1.165) is 5.56 Å². The molecule has 146 valence electrons. The summed E-state index contributed by atoms with van der Waals surface area (Å²) in [6.07, 6.45) is 8.15. The maximum absolute atomic E-state index is 13.0. The molecule has 1 aromatic heterocycles. The van der Waals surface area contributed by atoms with E-state index in [2.05, 4.69) is 10.3 Å². The number of amides is 2. The molecule has 8 heteroatoms. The standard InChI is InChI=1S/C20H20N4O3.H2O/c1-14(22-19(25)15-6-4-8-17(12-15)23-27)20(26)24-11-3-2-9-18(24)16-7-5-10-21-13-16;/h2-8,10,12-14,18H,9,11H2,1H3,(H,22,25);1H2/t14-,18?;/m0./s1. The molecule has 1 aliphatic heterocycles. The van der Waals surface area contributed by atoms with Crippen molar-refractivity contribution in [2.75, 3.05) is 6.54 Å². The van der Waals surface area contributed by atoms with E-state index >= 15 is 0 Å². The monoisotopic (exact) mass is 382 g/mol. The highest BCUT2D eigenvalue weighted by molar-refractivity contribution is 5.98. The number of hydrogen-bond acceptors (Lipinski definition) is 5. The lowest BCUT2D eigenvalue weighted by molar-refractivity contribution is -0.379. The minimum Gasteiger partial charge on any atom is -0.870 e. The van der Waals surface area contributed by atoms with Crippen molar-refractivity contribution in [3.05, 3.63) is 77.0 Å². The fraction of sp³-hybridized carbons (Fsp3) is 0.250. The first-order valence-corrected chi connectivity index (χ1v) is 8.74. The highest BCUT2D eigenvalue weighted by Crippen LogP contribution is 2.27. The topological polar surface area (TPSA) is 123 Å². The largest absolute Gasteiger partial charge is 0.870 e. The normalized spacial score (nSPS) is 16.6. The van der Waals surface area contributed by atoms with Crippen LogP contribution in [0.25, 0.3) is 0 Å². The van der Waals surface area contributed by atoms with E-state index < -0.39 is 11.9 Å². The summed E-state index contributed by atoms with van der Waals surface area (Å²) in [5.41, 5.74) is 1.57. The smallest absolute Gasteiger partial charge is 0.254 e. The van der Waals surface area contributed by atoms with Crippen molar-refractivity contribution in [2.24, 2.45) is 0 Å². The Morgan fingerprint density at radius 3 is 2.79 bits per heavy atom. The van der Waals surface area contributed by atoms with Crippen LogP contribution in [0.5, 0.6) is 0 Å². The molecular formula is C20H22N4O4. The van der Waals surface area contributed by atoms with Crippen molar-refractivity contribution in [1.29, 1.82) is 0 Å². The second kappa shape index (κ2) is 9.52. The van der Waals surface area contributed by atoms with Crippen LogP contribution >= 0.6 is 0 Å². The second-order valence-corrected chi connectivity index (χ2v) is 6.38. The molecule has 0 aliphatic carbocycles. The SMILES string of the molecule is C[C@H](NC(=O)c1cccc([NH+]=O)c1)C(=O)N1CC=CCC1c1cccnc1.[OH-]. The van der Waals surface area contributed by atoms with E-state index in [1.54, 1.807) is 47.6 Å². The molecule has 0 spiro atoms. The summed E-state index contributed by atoms with van der Waals surface area (Å²) in [4.78, 5) is 42.0. The molecule has 1 aromatic carbocycles. The molecule has 8 nitrogen and oxygen atoms in total. The van der Waals surface area contributed by atoms with Crippen LogP contribution in [0.2, 0.25) is 0 Å². The van der Waals surface area contributed by atoms with Crippen LogP contribution in [-0.2, 0) is 4.79 Å². The molecule has 28 heavy (non-hydrogen) atoms. The Bertz CT molecular complexity index is 870. The molecule has 0 radical (unpaired) electrons. The highest BCUT2D eigenvalue weighted by Gasteiger charge is 2.30. The zero-order valence-corrected chi connectivity index (χ0v) is 15.4. The van der Waals surface area contributed by atoms with Crippen LogP contribution < -0.4 is 10.5 Å². The van der Waals surface area contributed by atoms with Gasteiger partial charge in [0, 0.05) is 46.7 Å². The van der Waals surface area contributed by atoms with Crippen molar-refractivity contribution in [2.45, 2.75) is 25.4 Å². The summed E-state index contributed by atoms with van der Waals surface area (Å²) in [6, 6.07) is 9.19. The first kappa shape index (κ1) is 20.9. The van der Waals surface area contributed by atoms with Gasteiger partial charge in [-0.15, -0.1) is 0 Å². The minimum atomic E-state index is -0.702. The van der Waals surface area contributed by atoms with Crippen LogP contribution in [0.3, 0.4) is 0 Å². The van der Waals surface area contributed by atoms with Gasteiger partial charge in [0.15, 0.2) is 0 Å². The number of aromatic nitrogens is 1. The highest BCUT2D eigenvalue weighted by atomic mass is 16.3. The average Bonchev–Trinajstić information content (AvgIpc) is 2.73. The number of nitroso groups, excluding NO2 is 1. The molecule has 2 atom stereocenters. The molecular weight excluding hydrogens is 360 g/mol. The third-order valence-electron chi connectivity index (χ3n) is 4.52. The van der Waals surface area contributed by atoms with Gasteiger partial charge in [0.25, 0.3) is 11.6 Å². The maximum atomic E-state index is 13.0. The molecule has 3 N–H and O–H groups in total. The Hall–Kier alpha value is -3.39. The molecule has 2 aromatic rings. The lowest BCUT2D eigenvalue weighted by atomic mass is 9.99. The third-order valence-corrected chi connectivity index (χ3v) is 4.52. The number of carbonyl (C=O) groups is 2. The molecule has 1 unspecified atom stereocenters. The van der Waals surface area contributed by atoms with Crippen LogP contribution in [-0.4, -0.2) is 39.8 Å². The summed E-state index contributed by atoms with van der Waals surface area (Å²) in [5.74, 6) is -0.571. The lowest BCUT2D eigenvalue weighted by Crippen LogP contribution is -2.55. The van der Waals surface area contributed by atoms with E-state index in [9.17, 15) is 14.5 Å². The van der Waals surface area contributed by atoms with E-state index in [-0.39, 0.29) is 17.4 Å². The Morgan fingerprint density at radius 1 is 1.25 bits per heavy atom. The molecule has 2 amide bonds. The molecule has 0 fully saturated rings. The van der Waals surface area contributed by atoms with E-state index in [1.165, 1.54) is 6.07 Å². The number of carbonyl (C=O) groups excluding carboxylic acids is 2. The lowest BCUT2D eigenvalue weighted by Gasteiger charge is -2.35. The Labute approximate surface area is 162 Å². The van der Waals surface area contributed by atoms with Gasteiger partial charge in [-0.3, -0.25) is 14.6 Å². The predicted molar refractivity (Wildman–Crippen MR) is 102 cm³/mol. The summed E-state index contributed by atoms with van der Waals surface area (Å²) in [6.45, 7) is 2.14. The average molecular weight is 382 g/mol. The van der Waals surface area contributed by atoms with Crippen molar-refractivity contribution in [3.63, 3.8) is 0 Å². The summed E-state index contributed by atoms with van der Waals surface area (Å²) in [5, 5.41) is 4.47. The first-order valence-electron chi connectivity index (χ1n) is 8.74. The maximum Gasteiger partial charge on any atom is 0.254 e. The van der Waals surface area contributed by atoms with E-state index in [1.807, 2.05) is 24.3 Å². The summed E-state index contributed by atoms with van der Waals surface area (Å²) < 4.78 is 0. The van der Waals surface area contributed by atoms with Gasteiger partial charge < -0.3 is 15.7 Å². The third kappa shape index (κ3) is 4.66. The zero-order chi connectivity index (χ0) is 19.2. The van der Waals surface area contributed by atoms with Crippen LogP contribution in [0.1, 0.15) is 35.3 Å². The molecule has 1 aliphatic rings. The van der Waals surface area contributed by atoms with Crippen molar-refractivity contribution >= 4 is 17.5 Å². The van der Waals surface area contributed by atoms with Crippen LogP contribution in [0, 0.1) is 4.91 Å². The number of hydrogen-bond donors (Lipinski definition) is 2. The molecule has 0 saturated heterocycles. The minimum absolute atomic E-state index is 0. The van der Waals surface area contributed by atoms with Gasteiger partial charge in [-0.05, 0) is 31.0 Å². The number of benzene rings is 1. The number of nitrogens with one attached hydrogen (secondary N) is 2. The fourth-order valence-electron chi connectivity index (χ4n) is 3.11.